The summed E-state index contributed by atoms with van der Waals surface area (Å²) in [7, 11) is 0. The molecule has 0 bridgehead atoms. The Morgan fingerprint density at radius 3 is 3.00 bits per heavy atom. The van der Waals surface area contributed by atoms with Gasteiger partial charge in [-0.05, 0) is 36.0 Å². The summed E-state index contributed by atoms with van der Waals surface area (Å²) in [4.78, 5) is 16.1. The molecule has 1 aromatic rings. The Balaban J connectivity index is 2.11. The minimum atomic E-state index is -0.247. The molecule has 0 radical (unpaired) electrons. The number of fused-ring (bicyclic) bond motifs is 2. The monoisotopic (exact) mass is 220 g/mol. The SMILES string of the molecule is O=C1Nc2cnccc2C12CCSCC2. The van der Waals surface area contributed by atoms with Gasteiger partial charge in [-0.3, -0.25) is 9.78 Å². The summed E-state index contributed by atoms with van der Waals surface area (Å²) in [6, 6.07) is 1.99. The van der Waals surface area contributed by atoms with E-state index in [1.54, 1.807) is 12.4 Å². The first-order valence-electron chi connectivity index (χ1n) is 5.17. The van der Waals surface area contributed by atoms with Crippen LogP contribution in [0.2, 0.25) is 0 Å². The molecule has 15 heavy (non-hydrogen) atoms. The second kappa shape index (κ2) is 3.23. The number of thioether (sulfide) groups is 1. The number of carbonyl (C=O) groups excluding carboxylic acids is 1. The van der Waals surface area contributed by atoms with Crippen molar-refractivity contribution < 1.29 is 4.79 Å². The molecule has 0 saturated carbocycles. The zero-order valence-electron chi connectivity index (χ0n) is 8.32. The van der Waals surface area contributed by atoms with Gasteiger partial charge in [0.1, 0.15) is 0 Å². The van der Waals surface area contributed by atoms with E-state index in [9.17, 15) is 4.79 Å². The lowest BCUT2D eigenvalue weighted by atomic mass is 9.77. The number of nitrogens with zero attached hydrogens (tertiary/aromatic N) is 1. The van der Waals surface area contributed by atoms with Crippen molar-refractivity contribution in [1.29, 1.82) is 0 Å². The molecule has 0 aromatic carbocycles. The fraction of sp³-hybridized carbons (Fsp3) is 0.455. The van der Waals surface area contributed by atoms with Crippen molar-refractivity contribution in [3.05, 3.63) is 24.0 Å². The van der Waals surface area contributed by atoms with Gasteiger partial charge in [0, 0.05) is 6.20 Å². The average Bonchev–Trinajstić information content (AvgIpc) is 2.55. The van der Waals surface area contributed by atoms with Crippen LogP contribution >= 0.6 is 11.8 Å². The maximum Gasteiger partial charge on any atom is 0.235 e. The fourth-order valence-corrected chi connectivity index (χ4v) is 3.68. The number of amides is 1. The molecule has 2 aliphatic rings. The van der Waals surface area contributed by atoms with E-state index in [4.69, 9.17) is 0 Å². The van der Waals surface area contributed by atoms with Crippen molar-refractivity contribution in [3.8, 4) is 0 Å². The summed E-state index contributed by atoms with van der Waals surface area (Å²) < 4.78 is 0. The van der Waals surface area contributed by atoms with E-state index in [-0.39, 0.29) is 11.3 Å². The van der Waals surface area contributed by atoms with Crippen molar-refractivity contribution in [2.75, 3.05) is 16.8 Å². The zero-order valence-corrected chi connectivity index (χ0v) is 9.14. The molecule has 1 amide bonds. The number of aromatic nitrogens is 1. The van der Waals surface area contributed by atoms with Crippen molar-refractivity contribution in [3.63, 3.8) is 0 Å². The third-order valence-corrected chi connectivity index (χ3v) is 4.35. The van der Waals surface area contributed by atoms with Gasteiger partial charge in [0.05, 0.1) is 17.3 Å². The molecule has 3 heterocycles. The number of rotatable bonds is 0. The molecule has 1 N–H and O–H groups in total. The third kappa shape index (κ3) is 1.21. The lowest BCUT2D eigenvalue weighted by molar-refractivity contribution is -0.121. The number of hydrogen-bond acceptors (Lipinski definition) is 3. The smallest absolute Gasteiger partial charge is 0.235 e. The number of carbonyl (C=O) groups is 1. The molecule has 1 spiro atoms. The minimum Gasteiger partial charge on any atom is -0.324 e. The van der Waals surface area contributed by atoms with Crippen molar-refractivity contribution in [2.24, 2.45) is 0 Å². The molecule has 2 aliphatic heterocycles. The second-order valence-electron chi connectivity index (χ2n) is 4.07. The highest BCUT2D eigenvalue weighted by Crippen LogP contribution is 2.45. The van der Waals surface area contributed by atoms with E-state index in [1.165, 1.54) is 0 Å². The van der Waals surface area contributed by atoms with E-state index in [0.717, 1.165) is 35.6 Å². The first kappa shape index (κ1) is 9.21. The van der Waals surface area contributed by atoms with Gasteiger partial charge in [-0.2, -0.15) is 11.8 Å². The van der Waals surface area contributed by atoms with Crippen LogP contribution in [0.5, 0.6) is 0 Å². The molecule has 3 rings (SSSR count). The summed E-state index contributed by atoms with van der Waals surface area (Å²) in [6.45, 7) is 0. The largest absolute Gasteiger partial charge is 0.324 e. The van der Waals surface area contributed by atoms with Gasteiger partial charge in [-0.1, -0.05) is 0 Å². The fourth-order valence-electron chi connectivity index (χ4n) is 2.49. The van der Waals surface area contributed by atoms with Crippen LogP contribution in [-0.2, 0) is 10.2 Å². The Morgan fingerprint density at radius 2 is 2.20 bits per heavy atom. The van der Waals surface area contributed by atoms with Crippen LogP contribution in [0.1, 0.15) is 18.4 Å². The van der Waals surface area contributed by atoms with Crippen LogP contribution in [-0.4, -0.2) is 22.4 Å². The third-order valence-electron chi connectivity index (χ3n) is 3.37. The van der Waals surface area contributed by atoms with Gasteiger partial charge >= 0.3 is 0 Å². The first-order chi connectivity index (χ1) is 7.33. The quantitative estimate of drug-likeness (QED) is 0.725. The van der Waals surface area contributed by atoms with E-state index in [1.807, 2.05) is 17.8 Å². The van der Waals surface area contributed by atoms with Crippen molar-refractivity contribution in [2.45, 2.75) is 18.3 Å². The molecular formula is C11H12N2OS. The van der Waals surface area contributed by atoms with Crippen molar-refractivity contribution >= 4 is 23.4 Å². The van der Waals surface area contributed by atoms with Crippen LogP contribution in [0.25, 0.3) is 0 Å². The molecule has 4 heteroatoms. The van der Waals surface area contributed by atoms with Crippen LogP contribution in [0.4, 0.5) is 5.69 Å². The molecule has 1 saturated heterocycles. The van der Waals surface area contributed by atoms with Gasteiger partial charge in [-0.25, -0.2) is 0 Å². The normalized spacial score (nSPS) is 22.5. The minimum absolute atomic E-state index is 0.172. The predicted molar refractivity (Wildman–Crippen MR) is 61.1 cm³/mol. The van der Waals surface area contributed by atoms with Crippen LogP contribution < -0.4 is 5.32 Å². The Morgan fingerprint density at radius 1 is 1.40 bits per heavy atom. The summed E-state index contributed by atoms with van der Waals surface area (Å²) >= 11 is 1.94. The van der Waals surface area contributed by atoms with Gasteiger partial charge < -0.3 is 5.32 Å². The Labute approximate surface area is 92.7 Å². The molecule has 78 valence electrons. The van der Waals surface area contributed by atoms with Crippen molar-refractivity contribution in [1.82, 2.24) is 4.98 Å². The summed E-state index contributed by atoms with van der Waals surface area (Å²) in [5, 5.41) is 2.95. The van der Waals surface area contributed by atoms with Gasteiger partial charge in [0.2, 0.25) is 5.91 Å². The van der Waals surface area contributed by atoms with E-state index in [2.05, 4.69) is 10.3 Å². The predicted octanol–water partition coefficient (Wildman–Crippen LogP) is 1.80. The molecular weight excluding hydrogens is 208 g/mol. The van der Waals surface area contributed by atoms with Gasteiger partial charge in [0.15, 0.2) is 0 Å². The second-order valence-corrected chi connectivity index (χ2v) is 5.29. The lowest BCUT2D eigenvalue weighted by Crippen LogP contribution is -2.37. The first-order valence-corrected chi connectivity index (χ1v) is 6.32. The van der Waals surface area contributed by atoms with Crippen LogP contribution in [0.3, 0.4) is 0 Å². The van der Waals surface area contributed by atoms with Crippen LogP contribution in [0, 0.1) is 0 Å². The highest BCUT2D eigenvalue weighted by atomic mass is 32.2. The molecule has 1 aromatic heterocycles. The number of hydrogen-bond donors (Lipinski definition) is 1. The lowest BCUT2D eigenvalue weighted by Gasteiger charge is -2.30. The van der Waals surface area contributed by atoms with Gasteiger partial charge in [-0.15, -0.1) is 0 Å². The number of nitrogens with one attached hydrogen (secondary N) is 1. The molecule has 0 unspecified atom stereocenters. The zero-order chi connectivity index (χ0) is 10.3. The van der Waals surface area contributed by atoms with E-state index in [0.29, 0.717) is 0 Å². The Kier molecular flexibility index (Phi) is 1.99. The average molecular weight is 220 g/mol. The number of pyridine rings is 1. The maximum atomic E-state index is 12.1. The number of anilines is 1. The molecule has 0 atom stereocenters. The standard InChI is InChI=1S/C11H12N2OS/c14-10-11(2-5-15-6-3-11)8-1-4-12-7-9(8)13-10/h1,4,7H,2-3,5-6H2,(H,13,14). The maximum absolute atomic E-state index is 12.1. The Bertz CT molecular complexity index is 413. The van der Waals surface area contributed by atoms with Gasteiger partial charge in [0.25, 0.3) is 0 Å². The topological polar surface area (TPSA) is 42.0 Å². The molecule has 1 fully saturated rings. The van der Waals surface area contributed by atoms with Crippen LogP contribution in [0.15, 0.2) is 18.5 Å². The highest BCUT2D eigenvalue weighted by molar-refractivity contribution is 7.99. The van der Waals surface area contributed by atoms with E-state index >= 15 is 0 Å². The Hall–Kier alpha value is -1.03. The van der Waals surface area contributed by atoms with E-state index < -0.39 is 0 Å². The summed E-state index contributed by atoms with van der Waals surface area (Å²) in [5.41, 5.74) is 1.82. The molecule has 0 aliphatic carbocycles. The summed E-state index contributed by atoms with van der Waals surface area (Å²) in [6.07, 6.45) is 5.45. The molecule has 3 nitrogen and oxygen atoms in total. The summed E-state index contributed by atoms with van der Waals surface area (Å²) in [5.74, 6) is 2.33. The highest BCUT2D eigenvalue weighted by Gasteiger charge is 2.47.